The van der Waals surface area contributed by atoms with Crippen LogP contribution in [0, 0.1) is 5.92 Å². The van der Waals surface area contributed by atoms with E-state index in [2.05, 4.69) is 25.5 Å². The topological polar surface area (TPSA) is 65.7 Å². The smallest absolute Gasteiger partial charge is 0.303 e. The number of hydrogen-bond donors (Lipinski definition) is 2. The third-order valence-electron chi connectivity index (χ3n) is 2.37. The van der Waals surface area contributed by atoms with E-state index in [1.807, 2.05) is 6.92 Å². The van der Waals surface area contributed by atoms with E-state index in [1.165, 1.54) is 6.42 Å². The number of hydrogen-bond acceptors (Lipinski definition) is 5. The zero-order valence-corrected chi connectivity index (χ0v) is 15.4. The van der Waals surface area contributed by atoms with Gasteiger partial charge in [0.15, 0.2) is 0 Å². The van der Waals surface area contributed by atoms with Crippen molar-refractivity contribution in [3.8, 4) is 0 Å². The van der Waals surface area contributed by atoms with Crippen LogP contribution in [0.1, 0.15) is 20.3 Å². The summed E-state index contributed by atoms with van der Waals surface area (Å²) in [6.45, 7) is 7.24. The Morgan fingerprint density at radius 3 is 2.12 bits per heavy atom. The van der Waals surface area contributed by atoms with Crippen LogP contribution in [0.4, 0.5) is 0 Å². The summed E-state index contributed by atoms with van der Waals surface area (Å²) in [7, 11) is 3.62. The Kier molecular flexibility index (Phi) is 18.7. The van der Waals surface area contributed by atoms with Crippen LogP contribution < -0.4 is 11.1 Å². The predicted octanol–water partition coefficient (Wildman–Crippen LogP) is -1.48. The largest absolute Gasteiger partial charge is 0.428 e. The lowest BCUT2D eigenvalue weighted by atomic mass is 10.0. The molecule has 0 aliphatic carbocycles. The highest BCUT2D eigenvalue weighted by Gasteiger charge is 2.17. The standard InChI is InChI=1S/C6H14N2.C2H8O2Si.C2H8OSi/c1-5(7)6-2-3-8-4-6;1-3-5-4-2;1-2-3-4/h5-6,8H,2-4,7H2,1H3;5H2,1-2H3;2H2,1,4H3. The van der Waals surface area contributed by atoms with Gasteiger partial charge in [-0.05, 0) is 39.3 Å². The van der Waals surface area contributed by atoms with Crippen molar-refractivity contribution in [1.82, 2.24) is 5.32 Å². The number of rotatable bonds is 4. The van der Waals surface area contributed by atoms with Crippen LogP contribution >= 0.6 is 0 Å². The third-order valence-corrected chi connectivity index (χ3v) is 3.42. The van der Waals surface area contributed by atoms with Crippen molar-refractivity contribution < 1.29 is 13.3 Å². The molecule has 2 unspecified atom stereocenters. The van der Waals surface area contributed by atoms with E-state index >= 15 is 0 Å². The molecule has 0 amide bonds. The van der Waals surface area contributed by atoms with E-state index in [4.69, 9.17) is 5.73 Å². The second kappa shape index (κ2) is 16.2. The summed E-state index contributed by atoms with van der Waals surface area (Å²) in [5.41, 5.74) is 5.66. The van der Waals surface area contributed by atoms with Gasteiger partial charge in [0.1, 0.15) is 10.5 Å². The van der Waals surface area contributed by atoms with Gasteiger partial charge in [0.25, 0.3) is 0 Å². The summed E-state index contributed by atoms with van der Waals surface area (Å²) >= 11 is 0. The molecule has 0 bridgehead atoms. The molecular formula is C10H30N2O3Si2. The Balaban J connectivity index is 0. The van der Waals surface area contributed by atoms with E-state index in [0.29, 0.717) is 6.04 Å². The minimum absolute atomic E-state index is 0.380. The van der Waals surface area contributed by atoms with Crippen molar-refractivity contribution in [3.05, 3.63) is 0 Å². The van der Waals surface area contributed by atoms with Crippen molar-refractivity contribution in [2.75, 3.05) is 33.9 Å². The van der Waals surface area contributed by atoms with E-state index in [0.717, 1.165) is 36.1 Å². The Hall–Kier alpha value is 0.234. The van der Waals surface area contributed by atoms with Gasteiger partial charge in [-0.2, -0.15) is 0 Å². The van der Waals surface area contributed by atoms with Gasteiger partial charge in [-0.3, -0.25) is 0 Å². The summed E-state index contributed by atoms with van der Waals surface area (Å²) < 4.78 is 13.9. The molecule has 7 heteroatoms. The molecule has 106 valence electrons. The molecule has 0 aromatic rings. The zero-order valence-electron chi connectivity index (χ0n) is 12.0. The van der Waals surface area contributed by atoms with Gasteiger partial charge in [0.2, 0.25) is 0 Å². The maximum atomic E-state index is 5.66. The molecular weight excluding hydrogens is 252 g/mol. The van der Waals surface area contributed by atoms with Gasteiger partial charge in [0, 0.05) is 26.9 Å². The molecule has 0 spiro atoms. The van der Waals surface area contributed by atoms with Crippen molar-refractivity contribution in [2.45, 2.75) is 26.3 Å². The van der Waals surface area contributed by atoms with Crippen molar-refractivity contribution in [2.24, 2.45) is 11.7 Å². The first-order valence-electron chi connectivity index (χ1n) is 6.07. The molecule has 5 nitrogen and oxygen atoms in total. The first kappa shape index (κ1) is 19.6. The lowest BCUT2D eigenvalue weighted by Gasteiger charge is -2.10. The molecule has 0 aromatic carbocycles. The maximum Gasteiger partial charge on any atom is 0.303 e. The Morgan fingerprint density at radius 2 is 2.00 bits per heavy atom. The van der Waals surface area contributed by atoms with Gasteiger partial charge in [-0.15, -0.1) is 0 Å². The summed E-state index contributed by atoms with van der Waals surface area (Å²) in [4.78, 5) is 0. The average molecular weight is 283 g/mol. The van der Waals surface area contributed by atoms with E-state index in [9.17, 15) is 0 Å². The molecule has 3 N–H and O–H groups in total. The summed E-state index contributed by atoms with van der Waals surface area (Å²) in [6.07, 6.45) is 1.26. The van der Waals surface area contributed by atoms with Crippen LogP contribution in [-0.2, 0) is 13.3 Å². The molecule has 1 aliphatic heterocycles. The van der Waals surface area contributed by atoms with Crippen molar-refractivity contribution in [1.29, 1.82) is 0 Å². The Morgan fingerprint density at radius 1 is 1.47 bits per heavy atom. The fourth-order valence-corrected chi connectivity index (χ4v) is 1.48. The van der Waals surface area contributed by atoms with Crippen molar-refractivity contribution >= 4 is 20.5 Å². The van der Waals surface area contributed by atoms with E-state index in [-0.39, 0.29) is 0 Å². The molecule has 17 heavy (non-hydrogen) atoms. The quantitative estimate of drug-likeness (QED) is 0.616. The molecule has 2 atom stereocenters. The SMILES string of the molecule is CC(N)C1CCNC1.CCO[SiH3].CO[SiH2]OC. The first-order valence-corrected chi connectivity index (χ1v) is 8.04. The maximum absolute atomic E-state index is 5.66. The highest BCUT2D eigenvalue weighted by atomic mass is 28.3. The minimum Gasteiger partial charge on any atom is -0.428 e. The molecule has 0 radical (unpaired) electrons. The van der Waals surface area contributed by atoms with Crippen LogP contribution in [-0.4, -0.2) is 60.5 Å². The molecule has 1 rings (SSSR count). The van der Waals surface area contributed by atoms with Crippen LogP contribution in [0.15, 0.2) is 0 Å². The fraction of sp³-hybridized carbons (Fsp3) is 1.00. The predicted molar refractivity (Wildman–Crippen MR) is 78.8 cm³/mol. The van der Waals surface area contributed by atoms with Crippen LogP contribution in [0.3, 0.4) is 0 Å². The average Bonchev–Trinajstić information content (AvgIpc) is 2.85. The molecule has 0 aromatic heterocycles. The Labute approximate surface area is 111 Å². The van der Waals surface area contributed by atoms with E-state index in [1.54, 1.807) is 14.2 Å². The third kappa shape index (κ3) is 16.2. The van der Waals surface area contributed by atoms with Crippen LogP contribution in [0.5, 0.6) is 0 Å². The Bertz CT molecular complexity index is 133. The normalized spacial score (nSPS) is 19.9. The lowest BCUT2D eigenvalue weighted by molar-refractivity contribution is 0.309. The van der Waals surface area contributed by atoms with Gasteiger partial charge in [0.05, 0.1) is 0 Å². The highest BCUT2D eigenvalue weighted by molar-refractivity contribution is 6.17. The summed E-state index contributed by atoms with van der Waals surface area (Å²) in [5.74, 6) is 0.731. The molecule has 1 saturated heterocycles. The zero-order chi connectivity index (χ0) is 13.5. The molecule has 1 fully saturated rings. The summed E-state index contributed by atoms with van der Waals surface area (Å²) in [6, 6.07) is 0.380. The number of nitrogens with one attached hydrogen (secondary N) is 1. The monoisotopic (exact) mass is 282 g/mol. The van der Waals surface area contributed by atoms with Crippen molar-refractivity contribution in [3.63, 3.8) is 0 Å². The number of nitrogens with two attached hydrogens (primary N) is 1. The lowest BCUT2D eigenvalue weighted by Crippen LogP contribution is -2.27. The first-order chi connectivity index (χ1) is 8.13. The highest BCUT2D eigenvalue weighted by Crippen LogP contribution is 2.09. The van der Waals surface area contributed by atoms with Gasteiger partial charge >= 0.3 is 10.0 Å². The van der Waals surface area contributed by atoms with Crippen LogP contribution in [0.2, 0.25) is 0 Å². The fourth-order valence-electron chi connectivity index (χ4n) is 1.24. The summed E-state index contributed by atoms with van der Waals surface area (Å²) in [5, 5.41) is 3.27. The molecule has 1 heterocycles. The van der Waals surface area contributed by atoms with Crippen LogP contribution in [0.25, 0.3) is 0 Å². The van der Waals surface area contributed by atoms with E-state index < -0.39 is 10.0 Å². The minimum atomic E-state index is -0.568. The molecule has 1 aliphatic rings. The van der Waals surface area contributed by atoms with Gasteiger partial charge in [-0.25, -0.2) is 0 Å². The molecule has 0 saturated carbocycles. The van der Waals surface area contributed by atoms with Gasteiger partial charge < -0.3 is 24.3 Å². The van der Waals surface area contributed by atoms with Gasteiger partial charge in [-0.1, -0.05) is 0 Å². The second-order valence-electron chi connectivity index (χ2n) is 3.88. The second-order valence-corrected chi connectivity index (χ2v) is 5.85.